The minimum atomic E-state index is -3.55. The summed E-state index contributed by atoms with van der Waals surface area (Å²) >= 11 is 5.89. The zero-order valence-corrected chi connectivity index (χ0v) is 15.8. The van der Waals surface area contributed by atoms with Crippen molar-refractivity contribution in [2.24, 2.45) is 11.1 Å². The van der Waals surface area contributed by atoms with Gasteiger partial charge < -0.3 is 10.5 Å². The smallest absolute Gasteiger partial charge is 0.182 e. The molecular formula is C19H22ClNO3S. The Balaban J connectivity index is 2.05. The molecule has 0 aliphatic heterocycles. The SMILES string of the molecule is COC[C@@]1(CN)[C@H](S(=O)(=O)c2ccc(Cl)cc2)[C@@H]1c1ccc(C)cc1. The molecule has 3 atom stereocenters. The van der Waals surface area contributed by atoms with Gasteiger partial charge in [-0.1, -0.05) is 41.4 Å². The van der Waals surface area contributed by atoms with E-state index in [2.05, 4.69) is 0 Å². The fraction of sp³-hybridized carbons (Fsp3) is 0.368. The van der Waals surface area contributed by atoms with Crippen molar-refractivity contribution in [3.63, 3.8) is 0 Å². The predicted octanol–water partition coefficient (Wildman–Crippen LogP) is 3.18. The summed E-state index contributed by atoms with van der Waals surface area (Å²) in [5.41, 5.74) is 7.54. The van der Waals surface area contributed by atoms with Gasteiger partial charge in [-0.05, 0) is 36.8 Å². The first-order valence-corrected chi connectivity index (χ1v) is 10.0. The summed E-state index contributed by atoms with van der Waals surface area (Å²) in [4.78, 5) is 0.269. The van der Waals surface area contributed by atoms with E-state index in [0.29, 0.717) is 11.6 Å². The molecule has 0 spiro atoms. The molecule has 0 aromatic heterocycles. The summed E-state index contributed by atoms with van der Waals surface area (Å²) in [7, 11) is -1.97. The van der Waals surface area contributed by atoms with Crippen molar-refractivity contribution in [3.05, 3.63) is 64.7 Å². The first-order valence-electron chi connectivity index (χ1n) is 8.12. The van der Waals surface area contributed by atoms with Crippen LogP contribution in [0.25, 0.3) is 0 Å². The number of nitrogens with two attached hydrogens (primary N) is 1. The van der Waals surface area contributed by atoms with Gasteiger partial charge in [-0.3, -0.25) is 0 Å². The predicted molar refractivity (Wildman–Crippen MR) is 99.7 cm³/mol. The Kier molecular flexibility index (Phi) is 4.95. The normalized spacial score (nSPS) is 25.8. The maximum atomic E-state index is 13.3. The maximum Gasteiger partial charge on any atom is 0.182 e. The first-order chi connectivity index (χ1) is 11.9. The number of aryl methyl sites for hydroxylation is 1. The van der Waals surface area contributed by atoms with E-state index in [-0.39, 0.29) is 17.4 Å². The molecule has 2 N–H and O–H groups in total. The topological polar surface area (TPSA) is 69.4 Å². The molecule has 0 unspecified atom stereocenters. The first kappa shape index (κ1) is 18.4. The highest BCUT2D eigenvalue weighted by Crippen LogP contribution is 2.63. The fourth-order valence-electron chi connectivity index (χ4n) is 3.74. The molecule has 0 saturated heterocycles. The van der Waals surface area contributed by atoms with Crippen LogP contribution in [-0.2, 0) is 14.6 Å². The Labute approximate surface area is 153 Å². The molecule has 1 fully saturated rings. The molecule has 134 valence electrons. The minimum absolute atomic E-state index is 0.182. The zero-order chi connectivity index (χ0) is 18.2. The van der Waals surface area contributed by atoms with Crippen LogP contribution in [0.4, 0.5) is 0 Å². The fourth-order valence-corrected chi connectivity index (χ4v) is 6.31. The van der Waals surface area contributed by atoms with E-state index in [1.807, 2.05) is 31.2 Å². The Hall–Kier alpha value is -1.40. The van der Waals surface area contributed by atoms with E-state index in [9.17, 15) is 8.42 Å². The Morgan fingerprint density at radius 2 is 1.72 bits per heavy atom. The third kappa shape index (κ3) is 3.10. The van der Waals surface area contributed by atoms with Crippen LogP contribution < -0.4 is 5.73 Å². The Bertz CT molecular complexity index is 849. The summed E-state index contributed by atoms with van der Waals surface area (Å²) in [5, 5.41) is -0.0966. The van der Waals surface area contributed by atoms with E-state index >= 15 is 0 Å². The number of rotatable bonds is 6. The van der Waals surface area contributed by atoms with Crippen LogP contribution in [0.1, 0.15) is 17.0 Å². The van der Waals surface area contributed by atoms with Gasteiger partial charge >= 0.3 is 0 Å². The van der Waals surface area contributed by atoms with E-state index in [4.69, 9.17) is 22.1 Å². The summed E-state index contributed by atoms with van der Waals surface area (Å²) in [6.07, 6.45) is 0. The quantitative estimate of drug-likeness (QED) is 0.836. The molecule has 0 amide bonds. The lowest BCUT2D eigenvalue weighted by Gasteiger charge is -2.15. The van der Waals surface area contributed by atoms with Crippen molar-refractivity contribution in [3.8, 4) is 0 Å². The van der Waals surface area contributed by atoms with Crippen LogP contribution in [0.5, 0.6) is 0 Å². The lowest BCUT2D eigenvalue weighted by molar-refractivity contribution is 0.142. The van der Waals surface area contributed by atoms with Crippen LogP contribution >= 0.6 is 11.6 Å². The van der Waals surface area contributed by atoms with E-state index in [1.165, 1.54) is 0 Å². The van der Waals surface area contributed by atoms with E-state index in [0.717, 1.165) is 11.1 Å². The highest BCUT2D eigenvalue weighted by molar-refractivity contribution is 7.92. The molecule has 25 heavy (non-hydrogen) atoms. The van der Waals surface area contributed by atoms with Crippen molar-refractivity contribution < 1.29 is 13.2 Å². The van der Waals surface area contributed by atoms with Gasteiger partial charge in [0.2, 0.25) is 0 Å². The molecule has 2 aromatic carbocycles. The van der Waals surface area contributed by atoms with Gasteiger partial charge in [-0.15, -0.1) is 0 Å². The molecule has 2 aromatic rings. The number of hydrogen-bond donors (Lipinski definition) is 1. The molecule has 1 aliphatic rings. The lowest BCUT2D eigenvalue weighted by atomic mass is 9.99. The van der Waals surface area contributed by atoms with Crippen LogP contribution in [0.3, 0.4) is 0 Å². The molecule has 1 saturated carbocycles. The van der Waals surface area contributed by atoms with Crippen molar-refractivity contribution in [1.82, 2.24) is 0 Å². The molecule has 3 rings (SSSR count). The summed E-state index contributed by atoms with van der Waals surface area (Å²) < 4.78 is 31.9. The molecule has 0 heterocycles. The summed E-state index contributed by atoms with van der Waals surface area (Å²) in [6.45, 7) is 2.56. The average molecular weight is 380 g/mol. The second-order valence-corrected chi connectivity index (χ2v) is 9.18. The van der Waals surface area contributed by atoms with Gasteiger partial charge in [-0.25, -0.2) is 8.42 Å². The second-order valence-electron chi connectivity index (χ2n) is 6.68. The molecule has 6 heteroatoms. The molecule has 4 nitrogen and oxygen atoms in total. The number of benzene rings is 2. The largest absolute Gasteiger partial charge is 0.384 e. The van der Waals surface area contributed by atoms with Crippen LogP contribution in [0, 0.1) is 12.3 Å². The van der Waals surface area contributed by atoms with Gasteiger partial charge in [0, 0.05) is 30.0 Å². The number of methoxy groups -OCH3 is 1. The monoisotopic (exact) mass is 379 g/mol. The molecule has 0 bridgehead atoms. The minimum Gasteiger partial charge on any atom is -0.384 e. The maximum absolute atomic E-state index is 13.3. The Morgan fingerprint density at radius 3 is 2.24 bits per heavy atom. The van der Waals surface area contributed by atoms with Gasteiger partial charge in [0.05, 0.1) is 16.8 Å². The number of halogens is 1. The highest BCUT2D eigenvalue weighted by atomic mass is 35.5. The number of ether oxygens (including phenoxy) is 1. The average Bonchev–Trinajstić information content (AvgIpc) is 3.26. The van der Waals surface area contributed by atoms with Crippen LogP contribution in [0.2, 0.25) is 5.02 Å². The second kappa shape index (κ2) is 6.72. The van der Waals surface area contributed by atoms with E-state index < -0.39 is 20.5 Å². The summed E-state index contributed by atoms with van der Waals surface area (Å²) in [5.74, 6) is -0.182. The number of hydrogen-bond acceptors (Lipinski definition) is 4. The standard InChI is InChI=1S/C19H22ClNO3S/c1-13-3-5-14(6-4-13)17-18(19(17,11-21)12-24-2)25(22,23)16-9-7-15(20)8-10-16/h3-10,17-18H,11-12,21H2,1-2H3/t17-,18+,19+/m0/s1. The van der Waals surface area contributed by atoms with Crippen molar-refractivity contribution in [2.45, 2.75) is 23.0 Å². The van der Waals surface area contributed by atoms with Crippen LogP contribution in [0.15, 0.2) is 53.4 Å². The summed E-state index contributed by atoms with van der Waals surface area (Å²) in [6, 6.07) is 14.2. The number of sulfone groups is 1. The van der Waals surface area contributed by atoms with Gasteiger partial charge in [-0.2, -0.15) is 0 Å². The third-order valence-electron chi connectivity index (χ3n) is 5.09. The zero-order valence-electron chi connectivity index (χ0n) is 14.3. The highest BCUT2D eigenvalue weighted by Gasteiger charge is 2.70. The Morgan fingerprint density at radius 1 is 1.12 bits per heavy atom. The van der Waals surface area contributed by atoms with Crippen molar-refractivity contribution in [2.75, 3.05) is 20.3 Å². The van der Waals surface area contributed by atoms with Gasteiger partial charge in [0.1, 0.15) is 0 Å². The van der Waals surface area contributed by atoms with Crippen molar-refractivity contribution >= 4 is 21.4 Å². The van der Waals surface area contributed by atoms with Crippen molar-refractivity contribution in [1.29, 1.82) is 0 Å². The third-order valence-corrected chi connectivity index (χ3v) is 7.68. The van der Waals surface area contributed by atoms with Gasteiger partial charge in [0.25, 0.3) is 0 Å². The molecular weight excluding hydrogens is 358 g/mol. The van der Waals surface area contributed by atoms with Gasteiger partial charge in [0.15, 0.2) is 9.84 Å². The lowest BCUT2D eigenvalue weighted by Crippen LogP contribution is -2.28. The molecule has 1 aliphatic carbocycles. The molecule has 0 radical (unpaired) electrons. The van der Waals surface area contributed by atoms with Crippen LogP contribution in [-0.4, -0.2) is 33.9 Å². The van der Waals surface area contributed by atoms with E-state index in [1.54, 1.807) is 31.4 Å².